The summed E-state index contributed by atoms with van der Waals surface area (Å²) >= 11 is 1.50. The highest BCUT2D eigenvalue weighted by Gasteiger charge is 2.13. The first kappa shape index (κ1) is 12.6. The van der Waals surface area contributed by atoms with Crippen molar-refractivity contribution in [3.8, 4) is 0 Å². The lowest BCUT2D eigenvalue weighted by Gasteiger charge is -2.21. The Morgan fingerprint density at radius 2 is 2.06 bits per heavy atom. The molecule has 18 heavy (non-hydrogen) atoms. The number of aromatic nitrogens is 3. The van der Waals surface area contributed by atoms with Crippen LogP contribution in [-0.2, 0) is 0 Å². The van der Waals surface area contributed by atoms with Gasteiger partial charge in [-0.3, -0.25) is 0 Å². The summed E-state index contributed by atoms with van der Waals surface area (Å²) < 4.78 is 0. The number of hydrogen-bond donors (Lipinski definition) is 2. The second kappa shape index (κ2) is 5.63. The third-order valence-electron chi connectivity index (χ3n) is 2.58. The highest BCUT2D eigenvalue weighted by atomic mass is 32.1. The van der Waals surface area contributed by atoms with Gasteiger partial charge in [0.05, 0.1) is 0 Å². The first-order valence-corrected chi connectivity index (χ1v) is 6.66. The lowest BCUT2D eigenvalue weighted by molar-refractivity contribution is 0.844. The Balaban J connectivity index is 2.29. The zero-order chi connectivity index (χ0) is 13.0. The van der Waals surface area contributed by atoms with E-state index in [1.807, 2.05) is 5.38 Å². The quantitative estimate of drug-likeness (QED) is 0.861. The number of nitrogens with two attached hydrogens (primary N) is 1. The van der Waals surface area contributed by atoms with Crippen molar-refractivity contribution in [3.05, 3.63) is 17.9 Å². The predicted molar refractivity (Wildman–Crippen MR) is 75.4 cm³/mol. The zero-order valence-electron chi connectivity index (χ0n) is 10.4. The van der Waals surface area contributed by atoms with Crippen molar-refractivity contribution in [2.75, 3.05) is 29.0 Å². The van der Waals surface area contributed by atoms with E-state index in [0.29, 0.717) is 11.5 Å². The van der Waals surface area contributed by atoms with Crippen molar-refractivity contribution in [2.45, 2.75) is 13.8 Å². The first-order valence-electron chi connectivity index (χ1n) is 5.78. The monoisotopic (exact) mass is 264 g/mol. The van der Waals surface area contributed by atoms with Gasteiger partial charge in [-0.2, -0.15) is 0 Å². The van der Waals surface area contributed by atoms with Gasteiger partial charge < -0.3 is 16.0 Å². The van der Waals surface area contributed by atoms with Crippen LogP contribution in [0.4, 0.5) is 22.5 Å². The van der Waals surface area contributed by atoms with E-state index in [1.54, 1.807) is 6.20 Å². The third-order valence-corrected chi connectivity index (χ3v) is 3.27. The van der Waals surface area contributed by atoms with Gasteiger partial charge in [0.15, 0.2) is 16.8 Å². The minimum absolute atomic E-state index is 0.552. The molecule has 2 heterocycles. The van der Waals surface area contributed by atoms with Gasteiger partial charge in [-0.05, 0) is 13.8 Å². The van der Waals surface area contributed by atoms with E-state index in [1.165, 1.54) is 17.7 Å². The molecule has 6 nitrogen and oxygen atoms in total. The maximum absolute atomic E-state index is 6.10. The average molecular weight is 264 g/mol. The third kappa shape index (κ3) is 2.51. The molecule has 96 valence electrons. The fraction of sp³-hybridized carbons (Fsp3) is 0.364. The molecule has 0 aromatic carbocycles. The van der Waals surface area contributed by atoms with E-state index in [9.17, 15) is 0 Å². The summed E-state index contributed by atoms with van der Waals surface area (Å²) in [5.41, 5.74) is 6.65. The maximum Gasteiger partial charge on any atom is 0.188 e. The van der Waals surface area contributed by atoms with E-state index < -0.39 is 0 Å². The molecule has 0 radical (unpaired) electrons. The molecule has 2 aromatic rings. The van der Waals surface area contributed by atoms with E-state index >= 15 is 0 Å². The molecule has 0 aliphatic carbocycles. The number of nitrogens with zero attached hydrogens (tertiary/aromatic N) is 4. The molecule has 0 saturated carbocycles. The molecule has 0 saturated heterocycles. The molecule has 0 aliphatic heterocycles. The number of nitrogens with one attached hydrogen (secondary N) is 1. The molecule has 0 aliphatic rings. The highest BCUT2D eigenvalue weighted by molar-refractivity contribution is 7.13. The summed E-state index contributed by atoms with van der Waals surface area (Å²) in [6, 6.07) is 0. The minimum atomic E-state index is 0.552. The predicted octanol–water partition coefficient (Wildman–Crippen LogP) is 2.11. The largest absolute Gasteiger partial charge is 0.393 e. The maximum atomic E-state index is 6.10. The van der Waals surface area contributed by atoms with E-state index in [2.05, 4.69) is 39.0 Å². The molecular weight excluding hydrogens is 248 g/mol. The molecule has 0 fully saturated rings. The number of nitrogen functional groups attached to an aromatic ring is 1. The Morgan fingerprint density at radius 3 is 2.67 bits per heavy atom. The van der Waals surface area contributed by atoms with Crippen molar-refractivity contribution >= 4 is 33.8 Å². The van der Waals surface area contributed by atoms with Crippen LogP contribution in [0.2, 0.25) is 0 Å². The van der Waals surface area contributed by atoms with Crippen LogP contribution in [0.1, 0.15) is 13.8 Å². The van der Waals surface area contributed by atoms with Crippen LogP contribution in [0.15, 0.2) is 17.9 Å². The van der Waals surface area contributed by atoms with E-state index in [-0.39, 0.29) is 0 Å². The zero-order valence-corrected chi connectivity index (χ0v) is 11.2. The van der Waals surface area contributed by atoms with E-state index in [0.717, 1.165) is 24.0 Å². The molecule has 3 N–H and O–H groups in total. The number of hydrogen-bond acceptors (Lipinski definition) is 7. The lowest BCUT2D eigenvalue weighted by atomic mass is 10.4. The fourth-order valence-corrected chi connectivity index (χ4v) is 2.18. The summed E-state index contributed by atoms with van der Waals surface area (Å²) in [6.07, 6.45) is 3.25. The summed E-state index contributed by atoms with van der Waals surface area (Å²) in [5, 5.41) is 5.76. The Labute approximate surface area is 110 Å². The molecule has 0 bridgehead atoms. The van der Waals surface area contributed by atoms with Gasteiger partial charge in [-0.1, -0.05) is 0 Å². The Kier molecular flexibility index (Phi) is 3.93. The number of rotatable bonds is 5. The van der Waals surface area contributed by atoms with Crippen LogP contribution in [0.25, 0.3) is 0 Å². The Hall–Kier alpha value is -1.89. The SMILES string of the molecule is CCN(CC)c1ncnc(Nc2nccs2)c1N. The molecule has 2 aromatic heterocycles. The van der Waals surface area contributed by atoms with Crippen LogP contribution in [0, 0.1) is 0 Å². The van der Waals surface area contributed by atoms with Gasteiger partial charge in [-0.15, -0.1) is 11.3 Å². The lowest BCUT2D eigenvalue weighted by Crippen LogP contribution is -2.24. The summed E-state index contributed by atoms with van der Waals surface area (Å²) in [4.78, 5) is 14.6. The number of anilines is 4. The van der Waals surface area contributed by atoms with Crippen molar-refractivity contribution < 1.29 is 0 Å². The molecule has 7 heteroatoms. The van der Waals surface area contributed by atoms with Crippen LogP contribution in [0.3, 0.4) is 0 Å². The number of thiazole rings is 1. The first-order chi connectivity index (χ1) is 8.76. The second-order valence-corrected chi connectivity index (χ2v) is 4.49. The highest BCUT2D eigenvalue weighted by Crippen LogP contribution is 2.28. The van der Waals surface area contributed by atoms with Gasteiger partial charge >= 0.3 is 0 Å². The molecule has 0 unspecified atom stereocenters. The normalized spacial score (nSPS) is 10.3. The van der Waals surface area contributed by atoms with Crippen LogP contribution >= 0.6 is 11.3 Å². The van der Waals surface area contributed by atoms with Crippen molar-refractivity contribution in [1.82, 2.24) is 15.0 Å². The summed E-state index contributed by atoms with van der Waals surface area (Å²) in [5.74, 6) is 1.36. The molecule has 0 spiro atoms. The summed E-state index contributed by atoms with van der Waals surface area (Å²) in [6.45, 7) is 5.85. The van der Waals surface area contributed by atoms with Crippen molar-refractivity contribution in [1.29, 1.82) is 0 Å². The molecule has 2 rings (SSSR count). The fourth-order valence-electron chi connectivity index (χ4n) is 1.65. The van der Waals surface area contributed by atoms with Crippen molar-refractivity contribution in [2.24, 2.45) is 0 Å². The van der Waals surface area contributed by atoms with Gasteiger partial charge in [-0.25, -0.2) is 15.0 Å². The standard InChI is InChI=1S/C11H16N6S/c1-3-17(4-2)10-8(12)9(14-7-15-10)16-11-13-5-6-18-11/h5-7H,3-4,12H2,1-2H3,(H,13,14,15,16). The average Bonchev–Trinajstić information content (AvgIpc) is 2.88. The molecular formula is C11H16N6S. The Bertz CT molecular complexity index is 494. The van der Waals surface area contributed by atoms with Gasteiger partial charge in [0, 0.05) is 24.7 Å². The van der Waals surface area contributed by atoms with Crippen LogP contribution < -0.4 is 16.0 Å². The topological polar surface area (TPSA) is 80.0 Å². The van der Waals surface area contributed by atoms with Crippen LogP contribution in [0.5, 0.6) is 0 Å². The minimum Gasteiger partial charge on any atom is -0.393 e. The smallest absolute Gasteiger partial charge is 0.188 e. The second-order valence-electron chi connectivity index (χ2n) is 3.59. The molecule has 0 amide bonds. The van der Waals surface area contributed by atoms with Crippen LogP contribution in [-0.4, -0.2) is 28.0 Å². The molecule has 0 atom stereocenters. The Morgan fingerprint density at radius 1 is 1.28 bits per heavy atom. The van der Waals surface area contributed by atoms with E-state index in [4.69, 9.17) is 5.73 Å². The van der Waals surface area contributed by atoms with Gasteiger partial charge in [0.1, 0.15) is 12.0 Å². The summed E-state index contributed by atoms with van der Waals surface area (Å²) in [7, 11) is 0. The van der Waals surface area contributed by atoms with Gasteiger partial charge in [0.25, 0.3) is 0 Å². The van der Waals surface area contributed by atoms with Crippen molar-refractivity contribution in [3.63, 3.8) is 0 Å². The van der Waals surface area contributed by atoms with Gasteiger partial charge in [0.2, 0.25) is 0 Å².